The van der Waals surface area contributed by atoms with Crippen molar-refractivity contribution in [3.8, 4) is 34.1 Å². The Bertz CT molecular complexity index is 1860. The van der Waals surface area contributed by atoms with Crippen molar-refractivity contribution in [3.63, 3.8) is 0 Å². The van der Waals surface area contributed by atoms with Crippen molar-refractivity contribution < 1.29 is 18.9 Å². The first-order chi connectivity index (χ1) is 21.8. The minimum atomic E-state index is -0.869. The summed E-state index contributed by atoms with van der Waals surface area (Å²) in [4.78, 5) is 0. The molecule has 0 radical (unpaired) electrons. The lowest BCUT2D eigenvalue weighted by Gasteiger charge is -2.38. The Balaban J connectivity index is 1.47. The molecule has 1 aliphatic carbocycles. The molecule has 5 aromatic rings. The molecule has 0 amide bonds. The fourth-order valence-electron chi connectivity index (χ4n) is 6.96. The third-order valence-electron chi connectivity index (χ3n) is 8.91. The Hall–Kier alpha value is -4.70. The lowest BCUT2D eigenvalue weighted by atomic mass is 9.77. The summed E-state index contributed by atoms with van der Waals surface area (Å²) in [5.74, 6) is 3.41. The predicted molar refractivity (Wildman–Crippen MR) is 183 cm³/mol. The minimum Gasteiger partial charge on any atom is -0.496 e. The van der Waals surface area contributed by atoms with Crippen LogP contribution in [0.2, 0.25) is 0 Å². The highest BCUT2D eigenvalue weighted by molar-refractivity contribution is 6.07. The molecule has 4 nitrogen and oxygen atoms in total. The maximum Gasteiger partial charge on any atom is 0.178 e. The van der Waals surface area contributed by atoms with Gasteiger partial charge in [0.05, 0.1) is 19.3 Å². The molecule has 228 valence electrons. The van der Waals surface area contributed by atoms with Crippen LogP contribution in [-0.2, 0) is 18.4 Å². The van der Waals surface area contributed by atoms with Gasteiger partial charge in [-0.1, -0.05) is 54.6 Å². The number of methoxy groups -OCH3 is 1. The van der Waals surface area contributed by atoms with Gasteiger partial charge in [0.2, 0.25) is 0 Å². The maximum atomic E-state index is 7.42. The summed E-state index contributed by atoms with van der Waals surface area (Å²) >= 11 is 0. The average molecular weight is 597 g/mol. The highest BCUT2D eigenvalue weighted by Gasteiger charge is 2.39. The first-order valence-electron chi connectivity index (χ1n) is 16.0. The van der Waals surface area contributed by atoms with Gasteiger partial charge in [0.25, 0.3) is 0 Å². The van der Waals surface area contributed by atoms with E-state index in [0.29, 0.717) is 0 Å². The second kappa shape index (κ2) is 11.3. The van der Waals surface area contributed by atoms with E-state index in [1.807, 2.05) is 52.0 Å². The molecule has 0 bridgehead atoms. The molecule has 0 saturated heterocycles. The number of hydrogen-bond acceptors (Lipinski definition) is 4. The van der Waals surface area contributed by atoms with Crippen molar-refractivity contribution >= 4 is 16.8 Å². The molecule has 0 atom stereocenters. The molecule has 0 unspecified atom stereocenters. The van der Waals surface area contributed by atoms with Crippen molar-refractivity contribution in [3.05, 3.63) is 124 Å². The van der Waals surface area contributed by atoms with Crippen LogP contribution in [0.15, 0.2) is 91.0 Å². The second-order valence-electron chi connectivity index (χ2n) is 12.7. The Morgan fingerprint density at radius 1 is 0.733 bits per heavy atom. The van der Waals surface area contributed by atoms with Gasteiger partial charge in [-0.05, 0) is 123 Å². The molecule has 1 heterocycles. The van der Waals surface area contributed by atoms with Gasteiger partial charge >= 0.3 is 0 Å². The summed E-state index contributed by atoms with van der Waals surface area (Å²) in [5.41, 5.74) is 8.77. The van der Waals surface area contributed by atoms with Crippen LogP contribution in [0, 0.1) is 6.92 Å². The Morgan fingerprint density at radius 3 is 1.96 bits per heavy atom. The molecule has 45 heavy (non-hydrogen) atoms. The van der Waals surface area contributed by atoms with Crippen molar-refractivity contribution in [2.75, 3.05) is 7.11 Å². The summed E-state index contributed by atoms with van der Waals surface area (Å²) in [7, 11) is 1.74. The van der Waals surface area contributed by atoms with Crippen LogP contribution in [0.25, 0.3) is 28.0 Å². The second-order valence-corrected chi connectivity index (χ2v) is 12.7. The Kier molecular flexibility index (Phi) is 7.32. The zero-order valence-electron chi connectivity index (χ0n) is 26.9. The van der Waals surface area contributed by atoms with Crippen LogP contribution in [0.3, 0.4) is 0 Å². The lowest BCUT2D eigenvalue weighted by Crippen LogP contribution is -2.34. The molecule has 2 aliphatic rings. The maximum absolute atomic E-state index is 7.42. The van der Waals surface area contributed by atoms with E-state index in [4.69, 9.17) is 18.9 Å². The van der Waals surface area contributed by atoms with E-state index >= 15 is 0 Å². The van der Waals surface area contributed by atoms with E-state index in [9.17, 15) is 0 Å². The number of ether oxygens (including phenoxy) is 4. The largest absolute Gasteiger partial charge is 0.496 e. The van der Waals surface area contributed by atoms with Crippen molar-refractivity contribution in [1.82, 2.24) is 0 Å². The van der Waals surface area contributed by atoms with Crippen LogP contribution in [-0.4, -0.2) is 19.3 Å². The Labute approximate surface area is 266 Å². The molecule has 0 spiro atoms. The third kappa shape index (κ3) is 5.03. The molecule has 0 saturated carbocycles. The first-order valence-corrected chi connectivity index (χ1v) is 16.0. The number of rotatable bonds is 7. The quantitative estimate of drug-likeness (QED) is 0.187. The van der Waals surface area contributed by atoms with Gasteiger partial charge in [-0.15, -0.1) is 0 Å². The molecule has 7 rings (SSSR count). The van der Waals surface area contributed by atoms with Gasteiger partial charge in [-0.2, -0.15) is 0 Å². The van der Waals surface area contributed by atoms with Crippen molar-refractivity contribution in [1.29, 1.82) is 0 Å². The summed E-state index contributed by atoms with van der Waals surface area (Å²) in [6.45, 7) is 10.3. The number of fused-ring (bicyclic) bond motifs is 8. The SMILES string of the molecule is COc1cc2c3c(c4c(c2cc1C)-c1ccccc1CC4)C=CC(c1ccc(OC(C)C)cc1)(c1ccc(OC(C)C)cc1)O3. The molecule has 0 aromatic heterocycles. The molecule has 1 aliphatic heterocycles. The van der Waals surface area contributed by atoms with Crippen molar-refractivity contribution in [2.24, 2.45) is 0 Å². The van der Waals surface area contributed by atoms with Crippen LogP contribution >= 0.6 is 0 Å². The van der Waals surface area contributed by atoms with E-state index < -0.39 is 5.60 Å². The monoisotopic (exact) mass is 596 g/mol. The average Bonchev–Trinajstić information content (AvgIpc) is 3.04. The van der Waals surface area contributed by atoms with Gasteiger partial charge in [0.1, 0.15) is 23.0 Å². The molecular weight excluding hydrogens is 556 g/mol. The van der Waals surface area contributed by atoms with Gasteiger partial charge in [0.15, 0.2) is 5.60 Å². The van der Waals surface area contributed by atoms with Gasteiger partial charge in [-0.25, -0.2) is 0 Å². The van der Waals surface area contributed by atoms with E-state index in [2.05, 4.69) is 79.7 Å². The molecule has 0 N–H and O–H groups in total. The lowest BCUT2D eigenvalue weighted by molar-refractivity contribution is 0.163. The van der Waals surface area contributed by atoms with E-state index in [0.717, 1.165) is 63.5 Å². The molecule has 0 fully saturated rings. The van der Waals surface area contributed by atoms with Gasteiger partial charge in [-0.3, -0.25) is 0 Å². The molecular formula is C41H40O4. The van der Waals surface area contributed by atoms with E-state index in [1.165, 1.54) is 27.6 Å². The highest BCUT2D eigenvalue weighted by Crippen LogP contribution is 2.52. The fourth-order valence-corrected chi connectivity index (χ4v) is 6.96. The molecule has 4 heteroatoms. The number of benzene rings is 5. The summed E-state index contributed by atoms with van der Waals surface area (Å²) in [6, 6.07) is 29.9. The van der Waals surface area contributed by atoms with E-state index in [-0.39, 0.29) is 12.2 Å². The summed E-state index contributed by atoms with van der Waals surface area (Å²) < 4.78 is 25.3. The fraction of sp³-hybridized carbons (Fsp3) is 0.268. The first kappa shape index (κ1) is 29.0. The van der Waals surface area contributed by atoms with Crippen LogP contribution in [0.1, 0.15) is 61.1 Å². The smallest absolute Gasteiger partial charge is 0.178 e. The van der Waals surface area contributed by atoms with Crippen LogP contribution in [0.5, 0.6) is 23.0 Å². The van der Waals surface area contributed by atoms with Crippen LogP contribution in [0.4, 0.5) is 0 Å². The molecule has 5 aromatic carbocycles. The van der Waals surface area contributed by atoms with Gasteiger partial charge < -0.3 is 18.9 Å². The third-order valence-corrected chi connectivity index (χ3v) is 8.91. The predicted octanol–water partition coefficient (Wildman–Crippen LogP) is 9.85. The number of hydrogen-bond donors (Lipinski definition) is 0. The topological polar surface area (TPSA) is 36.9 Å². The minimum absolute atomic E-state index is 0.0946. The van der Waals surface area contributed by atoms with Gasteiger partial charge in [0, 0.05) is 22.1 Å². The Morgan fingerprint density at radius 2 is 1.36 bits per heavy atom. The normalized spacial score (nSPS) is 14.5. The summed E-state index contributed by atoms with van der Waals surface area (Å²) in [5, 5.41) is 2.25. The van der Waals surface area contributed by atoms with E-state index in [1.54, 1.807) is 7.11 Å². The standard InChI is InChI=1S/C41H40O4/c1-25(2)43-31-16-12-29(13-17-31)41(30-14-18-32(19-15-30)44-26(3)4)22-21-35-34-20-11-28-9-7-8-10-33(28)39(34)36-23-27(5)38(42-6)24-37(36)40(35)45-41/h7-10,12-19,21-26H,11,20H2,1-6H3. The summed E-state index contributed by atoms with van der Waals surface area (Å²) in [6.07, 6.45) is 6.66. The zero-order valence-corrected chi connectivity index (χ0v) is 26.9. The van der Waals surface area contributed by atoms with Crippen molar-refractivity contribution in [2.45, 2.75) is 65.3 Å². The van der Waals surface area contributed by atoms with Crippen LogP contribution < -0.4 is 18.9 Å². The zero-order chi connectivity index (χ0) is 31.3. The number of aryl methyl sites for hydroxylation is 2. The highest BCUT2D eigenvalue weighted by atomic mass is 16.5.